The zero-order valence-corrected chi connectivity index (χ0v) is 15.4. The van der Waals surface area contributed by atoms with Crippen molar-refractivity contribution in [1.82, 2.24) is 14.9 Å². The molecule has 0 atom stereocenters. The highest BCUT2D eigenvalue weighted by Gasteiger charge is 2.16. The van der Waals surface area contributed by atoms with Gasteiger partial charge in [-0.3, -0.25) is 9.78 Å². The largest absolute Gasteiger partial charge is 0.494 e. The van der Waals surface area contributed by atoms with E-state index in [9.17, 15) is 4.79 Å². The number of amides is 1. The van der Waals surface area contributed by atoms with E-state index >= 15 is 0 Å². The third-order valence-corrected chi connectivity index (χ3v) is 3.76. The summed E-state index contributed by atoms with van der Waals surface area (Å²) in [6, 6.07) is 7.13. The fourth-order valence-corrected chi connectivity index (χ4v) is 2.40. The molecule has 138 valence electrons. The lowest BCUT2D eigenvalue weighted by atomic mass is 10.2. The summed E-state index contributed by atoms with van der Waals surface area (Å²) in [6.07, 6.45) is 3.72. The van der Waals surface area contributed by atoms with Crippen LogP contribution in [0.4, 0.5) is 5.69 Å². The summed E-state index contributed by atoms with van der Waals surface area (Å²) in [5.74, 6) is 6.52. The van der Waals surface area contributed by atoms with Crippen LogP contribution in [-0.2, 0) is 4.79 Å². The number of benzene rings is 1. The van der Waals surface area contributed by atoms with Crippen LogP contribution in [0.5, 0.6) is 5.75 Å². The minimum absolute atomic E-state index is 0.102. The van der Waals surface area contributed by atoms with Crippen LogP contribution in [0.25, 0.3) is 11.1 Å². The number of fused-ring (bicyclic) bond motifs is 1. The molecule has 0 bridgehead atoms. The molecular formula is C20H20N4O3. The van der Waals surface area contributed by atoms with Gasteiger partial charge >= 0.3 is 0 Å². The van der Waals surface area contributed by atoms with Gasteiger partial charge in [0.25, 0.3) is 5.89 Å². The van der Waals surface area contributed by atoms with Crippen molar-refractivity contribution in [3.8, 4) is 17.6 Å². The van der Waals surface area contributed by atoms with E-state index in [0.717, 1.165) is 5.56 Å². The fraction of sp³-hybridized carbons (Fsp3) is 0.250. The van der Waals surface area contributed by atoms with Crippen LogP contribution in [0.15, 0.2) is 41.1 Å². The van der Waals surface area contributed by atoms with Crippen LogP contribution in [0.2, 0.25) is 0 Å². The van der Waals surface area contributed by atoms with E-state index in [4.69, 9.17) is 9.15 Å². The molecule has 0 fully saturated rings. The topological polar surface area (TPSA) is 80.5 Å². The Morgan fingerprint density at radius 3 is 2.85 bits per heavy atom. The molecular weight excluding hydrogens is 344 g/mol. The van der Waals surface area contributed by atoms with E-state index in [1.54, 1.807) is 37.7 Å². The van der Waals surface area contributed by atoms with Crippen LogP contribution in [0.1, 0.15) is 17.9 Å². The van der Waals surface area contributed by atoms with Gasteiger partial charge in [0.05, 0.1) is 12.8 Å². The first-order valence-electron chi connectivity index (χ1n) is 8.41. The van der Waals surface area contributed by atoms with Gasteiger partial charge in [0.15, 0.2) is 11.1 Å². The van der Waals surface area contributed by atoms with Crippen LogP contribution in [-0.4, -0.2) is 48.5 Å². The molecule has 0 unspecified atom stereocenters. The van der Waals surface area contributed by atoms with Crippen molar-refractivity contribution < 1.29 is 13.9 Å². The molecule has 2 aromatic heterocycles. The summed E-state index contributed by atoms with van der Waals surface area (Å²) in [5, 5.41) is 2.87. The highest BCUT2D eigenvalue weighted by molar-refractivity contribution is 6.00. The van der Waals surface area contributed by atoms with Crippen molar-refractivity contribution in [3.63, 3.8) is 0 Å². The van der Waals surface area contributed by atoms with Gasteiger partial charge in [-0.25, -0.2) is 0 Å². The zero-order chi connectivity index (χ0) is 19.2. The molecule has 0 aliphatic heterocycles. The molecule has 0 saturated heterocycles. The third kappa shape index (κ3) is 4.63. The van der Waals surface area contributed by atoms with Crippen molar-refractivity contribution in [3.05, 3.63) is 48.1 Å². The second kappa shape index (κ2) is 8.34. The summed E-state index contributed by atoms with van der Waals surface area (Å²) in [4.78, 5) is 22.5. The van der Waals surface area contributed by atoms with Crippen LogP contribution in [0.3, 0.4) is 0 Å². The van der Waals surface area contributed by atoms with Gasteiger partial charge < -0.3 is 19.4 Å². The first-order valence-corrected chi connectivity index (χ1v) is 8.41. The summed E-state index contributed by atoms with van der Waals surface area (Å²) >= 11 is 0. The van der Waals surface area contributed by atoms with Gasteiger partial charge in [0, 0.05) is 30.9 Å². The SMILES string of the molecule is COc1ccc(NC(=O)CCN(C)C)c2oc(C#Cc3cccnc3)nc12. The van der Waals surface area contributed by atoms with Gasteiger partial charge in [0.1, 0.15) is 5.75 Å². The smallest absolute Gasteiger partial charge is 0.274 e. The summed E-state index contributed by atoms with van der Waals surface area (Å²) in [7, 11) is 5.39. The number of carbonyl (C=O) groups is 1. The molecule has 7 nitrogen and oxygen atoms in total. The molecule has 3 rings (SSSR count). The number of carbonyl (C=O) groups excluding carboxylic acids is 1. The highest BCUT2D eigenvalue weighted by atomic mass is 16.5. The molecule has 7 heteroatoms. The number of oxazole rings is 1. The van der Waals surface area contributed by atoms with Crippen molar-refractivity contribution in [2.45, 2.75) is 6.42 Å². The van der Waals surface area contributed by atoms with E-state index in [1.807, 2.05) is 25.1 Å². The monoisotopic (exact) mass is 364 g/mol. The highest BCUT2D eigenvalue weighted by Crippen LogP contribution is 2.32. The predicted octanol–water partition coefficient (Wildman–Crippen LogP) is 2.52. The van der Waals surface area contributed by atoms with Crippen molar-refractivity contribution >= 4 is 22.7 Å². The molecule has 1 aromatic carbocycles. The molecule has 2 heterocycles. The predicted molar refractivity (Wildman–Crippen MR) is 103 cm³/mol. The van der Waals surface area contributed by atoms with Crippen LogP contribution in [0, 0.1) is 11.8 Å². The molecule has 0 aliphatic rings. The van der Waals surface area contributed by atoms with Gasteiger partial charge in [-0.2, -0.15) is 4.98 Å². The number of ether oxygens (including phenoxy) is 1. The Hall–Kier alpha value is -3.37. The lowest BCUT2D eigenvalue weighted by molar-refractivity contribution is -0.116. The maximum absolute atomic E-state index is 12.2. The third-order valence-electron chi connectivity index (χ3n) is 3.76. The van der Waals surface area contributed by atoms with Gasteiger partial charge in [0.2, 0.25) is 5.91 Å². The van der Waals surface area contributed by atoms with Gasteiger partial charge in [-0.15, -0.1) is 0 Å². The number of nitrogens with zero attached hydrogens (tertiary/aromatic N) is 3. The fourth-order valence-electron chi connectivity index (χ4n) is 2.40. The van der Waals surface area contributed by atoms with E-state index in [-0.39, 0.29) is 11.8 Å². The van der Waals surface area contributed by atoms with Crippen molar-refractivity contribution in [2.75, 3.05) is 33.1 Å². The number of rotatable bonds is 5. The van der Waals surface area contributed by atoms with Gasteiger partial charge in [-0.05, 0) is 44.3 Å². The summed E-state index contributed by atoms with van der Waals surface area (Å²) < 4.78 is 11.1. The Morgan fingerprint density at radius 1 is 1.30 bits per heavy atom. The van der Waals surface area contributed by atoms with E-state index in [0.29, 0.717) is 35.5 Å². The minimum atomic E-state index is -0.102. The van der Waals surface area contributed by atoms with Crippen LogP contribution < -0.4 is 10.1 Å². The lowest BCUT2D eigenvalue weighted by Crippen LogP contribution is -2.20. The number of pyridine rings is 1. The number of aromatic nitrogens is 2. The quantitative estimate of drug-likeness (QED) is 0.701. The van der Waals surface area contributed by atoms with E-state index < -0.39 is 0 Å². The first-order chi connectivity index (χ1) is 13.1. The number of nitrogens with one attached hydrogen (secondary N) is 1. The lowest BCUT2D eigenvalue weighted by Gasteiger charge is -2.10. The Morgan fingerprint density at radius 2 is 2.15 bits per heavy atom. The molecule has 1 N–H and O–H groups in total. The van der Waals surface area contributed by atoms with Crippen molar-refractivity contribution in [1.29, 1.82) is 0 Å². The Labute approximate surface area is 157 Å². The molecule has 0 spiro atoms. The minimum Gasteiger partial charge on any atom is -0.494 e. The Bertz CT molecular complexity index is 1000. The summed E-state index contributed by atoms with van der Waals surface area (Å²) in [6.45, 7) is 0.656. The standard InChI is InChI=1S/C20H20N4O3/c1-24(2)12-10-17(25)22-15-7-8-16(26-3)19-20(15)27-18(23-19)9-6-14-5-4-11-21-13-14/h4-5,7-8,11,13H,10,12H2,1-3H3,(H,22,25). The number of hydrogen-bond acceptors (Lipinski definition) is 6. The maximum Gasteiger partial charge on any atom is 0.274 e. The average molecular weight is 364 g/mol. The van der Waals surface area contributed by atoms with E-state index in [1.165, 1.54) is 0 Å². The first kappa shape index (κ1) is 18.4. The molecule has 0 radical (unpaired) electrons. The maximum atomic E-state index is 12.2. The average Bonchev–Trinajstić information content (AvgIpc) is 3.10. The summed E-state index contributed by atoms with van der Waals surface area (Å²) in [5.41, 5.74) is 2.24. The normalized spacial score (nSPS) is 10.5. The molecule has 0 saturated carbocycles. The molecule has 1 amide bonds. The number of hydrogen-bond donors (Lipinski definition) is 1. The Kier molecular flexibility index (Phi) is 5.69. The second-order valence-electron chi connectivity index (χ2n) is 6.11. The zero-order valence-electron chi connectivity index (χ0n) is 15.4. The van der Waals surface area contributed by atoms with Gasteiger partial charge in [-0.1, -0.05) is 5.92 Å². The molecule has 27 heavy (non-hydrogen) atoms. The Balaban J connectivity index is 1.91. The second-order valence-corrected chi connectivity index (χ2v) is 6.11. The molecule has 0 aliphatic carbocycles. The number of methoxy groups -OCH3 is 1. The van der Waals surface area contributed by atoms with Crippen LogP contribution >= 0.6 is 0 Å². The van der Waals surface area contributed by atoms with Crippen molar-refractivity contribution in [2.24, 2.45) is 0 Å². The number of anilines is 1. The van der Waals surface area contributed by atoms with E-state index in [2.05, 4.69) is 27.1 Å². The molecule has 3 aromatic rings.